The van der Waals surface area contributed by atoms with Crippen molar-refractivity contribution in [3.8, 4) is 0 Å². The quantitative estimate of drug-likeness (QED) is 0.813. The Bertz CT molecular complexity index is 405. The van der Waals surface area contributed by atoms with Gasteiger partial charge in [0, 0.05) is 16.1 Å². The van der Waals surface area contributed by atoms with E-state index in [0.29, 0.717) is 12.0 Å². The molecule has 1 fully saturated rings. The van der Waals surface area contributed by atoms with Crippen molar-refractivity contribution in [1.29, 1.82) is 0 Å². The molecule has 3 heteroatoms. The highest BCUT2D eigenvalue weighted by Gasteiger charge is 2.30. The van der Waals surface area contributed by atoms with Crippen molar-refractivity contribution < 1.29 is 0 Å². The highest BCUT2D eigenvalue weighted by Crippen LogP contribution is 2.41. The third kappa shape index (κ3) is 3.20. The molecule has 1 saturated carbocycles. The van der Waals surface area contributed by atoms with E-state index in [1.807, 2.05) is 18.2 Å². The van der Waals surface area contributed by atoms with E-state index in [1.165, 1.54) is 19.3 Å². The SMILES string of the molecule is CCNC(c1cc(Cl)ccc1Cl)C1CCC(C)C1. The second kappa shape index (κ2) is 6.27. The van der Waals surface area contributed by atoms with E-state index in [9.17, 15) is 0 Å². The normalized spacial score (nSPS) is 25.3. The Balaban J connectivity index is 2.26. The molecule has 1 aliphatic rings. The Morgan fingerprint density at radius 1 is 1.33 bits per heavy atom. The molecule has 0 heterocycles. The lowest BCUT2D eigenvalue weighted by molar-refractivity contribution is 0.365. The molecule has 3 atom stereocenters. The molecule has 0 spiro atoms. The number of benzene rings is 1. The molecule has 0 bridgehead atoms. The van der Waals surface area contributed by atoms with Gasteiger partial charge in [-0.05, 0) is 55.0 Å². The lowest BCUT2D eigenvalue weighted by atomic mass is 9.91. The summed E-state index contributed by atoms with van der Waals surface area (Å²) in [5.41, 5.74) is 1.16. The average molecular weight is 286 g/mol. The second-order valence-corrected chi connectivity index (χ2v) is 6.22. The fourth-order valence-corrected chi connectivity index (χ4v) is 3.47. The van der Waals surface area contributed by atoms with E-state index < -0.39 is 0 Å². The molecule has 0 aliphatic heterocycles. The van der Waals surface area contributed by atoms with Crippen molar-refractivity contribution in [3.05, 3.63) is 33.8 Å². The van der Waals surface area contributed by atoms with Crippen LogP contribution >= 0.6 is 23.2 Å². The molecule has 2 rings (SSSR count). The number of nitrogens with one attached hydrogen (secondary N) is 1. The van der Waals surface area contributed by atoms with Gasteiger partial charge in [0.2, 0.25) is 0 Å². The standard InChI is InChI=1S/C15H21Cl2N/c1-3-18-15(11-5-4-10(2)8-11)13-9-12(16)6-7-14(13)17/h6-7,9-11,15,18H,3-5,8H2,1-2H3. The molecule has 0 radical (unpaired) electrons. The minimum absolute atomic E-state index is 0.339. The summed E-state index contributed by atoms with van der Waals surface area (Å²) in [5, 5.41) is 5.18. The first-order valence-electron chi connectivity index (χ1n) is 6.80. The maximum absolute atomic E-state index is 6.34. The largest absolute Gasteiger partial charge is 0.310 e. The Labute approximate surface area is 120 Å². The average Bonchev–Trinajstić information content (AvgIpc) is 2.76. The van der Waals surface area contributed by atoms with Crippen LogP contribution in [0.3, 0.4) is 0 Å². The van der Waals surface area contributed by atoms with Crippen LogP contribution in [-0.4, -0.2) is 6.54 Å². The van der Waals surface area contributed by atoms with E-state index in [2.05, 4.69) is 19.2 Å². The molecule has 1 N–H and O–H groups in total. The summed E-state index contributed by atoms with van der Waals surface area (Å²) in [4.78, 5) is 0. The molecular weight excluding hydrogens is 265 g/mol. The van der Waals surface area contributed by atoms with E-state index in [0.717, 1.165) is 28.1 Å². The minimum Gasteiger partial charge on any atom is -0.310 e. The van der Waals surface area contributed by atoms with Crippen molar-refractivity contribution in [2.24, 2.45) is 11.8 Å². The van der Waals surface area contributed by atoms with Crippen molar-refractivity contribution in [2.75, 3.05) is 6.54 Å². The lowest BCUT2D eigenvalue weighted by Crippen LogP contribution is -2.27. The summed E-state index contributed by atoms with van der Waals surface area (Å²) in [6.45, 7) is 5.44. The predicted octanol–water partition coefficient (Wildman–Crippen LogP) is 5.08. The Morgan fingerprint density at radius 2 is 2.11 bits per heavy atom. The molecule has 1 aromatic carbocycles. The smallest absolute Gasteiger partial charge is 0.0454 e. The second-order valence-electron chi connectivity index (χ2n) is 5.38. The monoisotopic (exact) mass is 285 g/mol. The maximum atomic E-state index is 6.34. The van der Waals surface area contributed by atoms with Crippen LogP contribution in [0, 0.1) is 11.8 Å². The van der Waals surface area contributed by atoms with Gasteiger partial charge in [0.1, 0.15) is 0 Å². The molecule has 0 saturated heterocycles. The van der Waals surface area contributed by atoms with Gasteiger partial charge in [-0.3, -0.25) is 0 Å². The molecule has 18 heavy (non-hydrogen) atoms. The number of rotatable bonds is 4. The summed E-state index contributed by atoms with van der Waals surface area (Å²) < 4.78 is 0. The first-order valence-corrected chi connectivity index (χ1v) is 7.55. The summed E-state index contributed by atoms with van der Waals surface area (Å²) in [6.07, 6.45) is 3.88. The van der Waals surface area contributed by atoms with Crippen molar-refractivity contribution in [3.63, 3.8) is 0 Å². The predicted molar refractivity (Wildman–Crippen MR) is 79.4 cm³/mol. The van der Waals surface area contributed by atoms with Gasteiger partial charge >= 0.3 is 0 Å². The van der Waals surface area contributed by atoms with Gasteiger partial charge in [-0.2, -0.15) is 0 Å². The van der Waals surface area contributed by atoms with Gasteiger partial charge in [-0.25, -0.2) is 0 Å². The lowest BCUT2D eigenvalue weighted by Gasteiger charge is -2.26. The molecule has 1 aliphatic carbocycles. The van der Waals surface area contributed by atoms with Crippen LogP contribution in [0.15, 0.2) is 18.2 Å². The summed E-state index contributed by atoms with van der Waals surface area (Å²) in [6, 6.07) is 6.11. The zero-order chi connectivity index (χ0) is 13.1. The van der Waals surface area contributed by atoms with Gasteiger partial charge in [0.15, 0.2) is 0 Å². The zero-order valence-electron chi connectivity index (χ0n) is 11.0. The topological polar surface area (TPSA) is 12.0 Å². The van der Waals surface area contributed by atoms with Crippen molar-refractivity contribution >= 4 is 23.2 Å². The van der Waals surface area contributed by atoms with Gasteiger partial charge < -0.3 is 5.32 Å². The summed E-state index contributed by atoms with van der Waals surface area (Å²) in [5.74, 6) is 1.50. The van der Waals surface area contributed by atoms with Crippen LogP contribution in [0.5, 0.6) is 0 Å². The molecule has 3 unspecified atom stereocenters. The first-order chi connectivity index (χ1) is 8.61. The zero-order valence-corrected chi connectivity index (χ0v) is 12.6. The van der Waals surface area contributed by atoms with E-state index in [4.69, 9.17) is 23.2 Å². The minimum atomic E-state index is 0.339. The third-order valence-electron chi connectivity index (χ3n) is 3.92. The van der Waals surface area contributed by atoms with Crippen molar-refractivity contribution in [1.82, 2.24) is 5.32 Å². The Morgan fingerprint density at radius 3 is 2.72 bits per heavy atom. The van der Waals surface area contributed by atoms with Gasteiger partial charge in [-0.1, -0.05) is 43.5 Å². The third-order valence-corrected chi connectivity index (χ3v) is 4.50. The van der Waals surface area contributed by atoms with Crippen LogP contribution in [-0.2, 0) is 0 Å². The number of hydrogen-bond donors (Lipinski definition) is 1. The van der Waals surface area contributed by atoms with Crippen LogP contribution in [0.1, 0.15) is 44.7 Å². The molecule has 100 valence electrons. The maximum Gasteiger partial charge on any atom is 0.0454 e. The highest BCUT2D eigenvalue weighted by atomic mass is 35.5. The van der Waals surface area contributed by atoms with Crippen LogP contribution < -0.4 is 5.32 Å². The molecule has 0 aromatic heterocycles. The van der Waals surface area contributed by atoms with Crippen LogP contribution in [0.2, 0.25) is 10.0 Å². The Hall–Kier alpha value is -0.240. The van der Waals surface area contributed by atoms with Gasteiger partial charge in [0.25, 0.3) is 0 Å². The fraction of sp³-hybridized carbons (Fsp3) is 0.600. The van der Waals surface area contributed by atoms with Crippen LogP contribution in [0.25, 0.3) is 0 Å². The summed E-state index contributed by atoms with van der Waals surface area (Å²) >= 11 is 12.5. The van der Waals surface area contributed by atoms with Crippen LogP contribution in [0.4, 0.5) is 0 Å². The number of halogens is 2. The molecule has 0 amide bonds. The fourth-order valence-electron chi connectivity index (χ4n) is 3.06. The molecular formula is C15H21Cl2N. The van der Waals surface area contributed by atoms with Gasteiger partial charge in [-0.15, -0.1) is 0 Å². The first kappa shape index (κ1) is 14.2. The van der Waals surface area contributed by atoms with E-state index in [-0.39, 0.29) is 0 Å². The summed E-state index contributed by atoms with van der Waals surface area (Å²) in [7, 11) is 0. The molecule has 1 aromatic rings. The Kier molecular flexibility index (Phi) is 4.94. The number of hydrogen-bond acceptors (Lipinski definition) is 1. The highest BCUT2D eigenvalue weighted by molar-refractivity contribution is 6.33. The molecule has 1 nitrogen and oxygen atoms in total. The van der Waals surface area contributed by atoms with Gasteiger partial charge in [0.05, 0.1) is 0 Å². The van der Waals surface area contributed by atoms with E-state index >= 15 is 0 Å². The van der Waals surface area contributed by atoms with E-state index in [1.54, 1.807) is 0 Å². The van der Waals surface area contributed by atoms with Crippen molar-refractivity contribution in [2.45, 2.75) is 39.2 Å².